The summed E-state index contributed by atoms with van der Waals surface area (Å²) in [5.41, 5.74) is 7.47. The van der Waals surface area contributed by atoms with Crippen LogP contribution in [0.15, 0.2) is 18.2 Å². The van der Waals surface area contributed by atoms with Crippen molar-refractivity contribution < 1.29 is 4.79 Å². The third-order valence-electron chi connectivity index (χ3n) is 3.97. The molecule has 1 amide bonds. The molecule has 1 fully saturated rings. The molecule has 5 heteroatoms. The van der Waals surface area contributed by atoms with E-state index >= 15 is 0 Å². The van der Waals surface area contributed by atoms with E-state index in [2.05, 4.69) is 21.8 Å². The number of H-pyrrole nitrogens is 1. The molecule has 106 valence electrons. The van der Waals surface area contributed by atoms with Crippen molar-refractivity contribution in [2.45, 2.75) is 25.7 Å². The third kappa shape index (κ3) is 2.29. The number of nitrogens with zero attached hydrogens (tertiary/aromatic N) is 2. The standard InChI is InChI=1S/C15H20N4O/c1-2-3-7-19-8-10(9-19)15-17-12-6-4-5-11(14(16)20)13(12)18-15/h4-6,10H,2-3,7-9H2,1H3,(H2,16,20)(H,17,18). The molecule has 0 saturated carbocycles. The summed E-state index contributed by atoms with van der Waals surface area (Å²) in [6.07, 6.45) is 2.48. The molecule has 0 spiro atoms. The summed E-state index contributed by atoms with van der Waals surface area (Å²) in [4.78, 5) is 21.8. The number of fused-ring (bicyclic) bond motifs is 1. The number of aromatic nitrogens is 2. The second-order valence-corrected chi connectivity index (χ2v) is 5.50. The number of hydrogen-bond donors (Lipinski definition) is 2. The molecular formula is C15H20N4O. The van der Waals surface area contributed by atoms with E-state index in [1.165, 1.54) is 19.4 Å². The van der Waals surface area contributed by atoms with Crippen LogP contribution in [0.2, 0.25) is 0 Å². The van der Waals surface area contributed by atoms with Crippen LogP contribution in [0.1, 0.15) is 41.9 Å². The molecule has 5 nitrogen and oxygen atoms in total. The molecule has 1 aromatic heterocycles. The fraction of sp³-hybridized carbons (Fsp3) is 0.467. The van der Waals surface area contributed by atoms with Crippen molar-refractivity contribution in [3.05, 3.63) is 29.6 Å². The Kier molecular flexibility index (Phi) is 3.44. The van der Waals surface area contributed by atoms with Crippen LogP contribution >= 0.6 is 0 Å². The highest BCUT2D eigenvalue weighted by Gasteiger charge is 2.30. The monoisotopic (exact) mass is 272 g/mol. The van der Waals surface area contributed by atoms with E-state index in [4.69, 9.17) is 5.73 Å². The number of para-hydroxylation sites is 1. The molecule has 2 heterocycles. The zero-order valence-corrected chi connectivity index (χ0v) is 11.7. The minimum atomic E-state index is -0.424. The number of carbonyl (C=O) groups is 1. The second-order valence-electron chi connectivity index (χ2n) is 5.50. The van der Waals surface area contributed by atoms with Gasteiger partial charge in [0, 0.05) is 19.0 Å². The first-order valence-electron chi connectivity index (χ1n) is 7.19. The van der Waals surface area contributed by atoms with Gasteiger partial charge in [0.25, 0.3) is 5.91 Å². The Morgan fingerprint density at radius 2 is 2.30 bits per heavy atom. The maximum atomic E-state index is 11.4. The number of primary amides is 1. The summed E-state index contributed by atoms with van der Waals surface area (Å²) in [6.45, 7) is 5.47. The average Bonchev–Trinajstić information content (AvgIpc) is 2.79. The van der Waals surface area contributed by atoms with Gasteiger partial charge in [-0.2, -0.15) is 0 Å². The van der Waals surface area contributed by atoms with Crippen LogP contribution in [-0.4, -0.2) is 40.4 Å². The van der Waals surface area contributed by atoms with Crippen LogP contribution < -0.4 is 5.73 Å². The summed E-state index contributed by atoms with van der Waals surface area (Å²) in [5.74, 6) is 0.994. The second kappa shape index (κ2) is 5.25. The number of imidazole rings is 1. The van der Waals surface area contributed by atoms with Crippen molar-refractivity contribution in [2.75, 3.05) is 19.6 Å². The van der Waals surface area contributed by atoms with Gasteiger partial charge in [-0.25, -0.2) is 4.98 Å². The van der Waals surface area contributed by atoms with Crippen LogP contribution in [0.25, 0.3) is 11.0 Å². The van der Waals surface area contributed by atoms with Crippen molar-refractivity contribution in [3.63, 3.8) is 0 Å². The van der Waals surface area contributed by atoms with E-state index in [9.17, 15) is 4.79 Å². The maximum Gasteiger partial charge on any atom is 0.250 e. The van der Waals surface area contributed by atoms with E-state index in [0.29, 0.717) is 17.0 Å². The number of unbranched alkanes of at least 4 members (excludes halogenated alkanes) is 1. The summed E-state index contributed by atoms with van der Waals surface area (Å²) < 4.78 is 0. The van der Waals surface area contributed by atoms with E-state index in [1.54, 1.807) is 6.07 Å². The highest BCUT2D eigenvalue weighted by atomic mass is 16.1. The quantitative estimate of drug-likeness (QED) is 0.872. The normalized spacial score (nSPS) is 16.4. The molecule has 0 aliphatic carbocycles. The molecule has 0 unspecified atom stereocenters. The number of nitrogens with one attached hydrogen (secondary N) is 1. The lowest BCUT2D eigenvalue weighted by Gasteiger charge is -2.38. The van der Waals surface area contributed by atoms with Gasteiger partial charge in [-0.1, -0.05) is 19.4 Å². The number of likely N-dealkylation sites (tertiary alicyclic amines) is 1. The van der Waals surface area contributed by atoms with E-state index in [0.717, 1.165) is 24.4 Å². The molecule has 1 aliphatic rings. The van der Waals surface area contributed by atoms with Crippen LogP contribution in [0.4, 0.5) is 0 Å². The minimum Gasteiger partial charge on any atom is -0.366 e. The number of amides is 1. The smallest absolute Gasteiger partial charge is 0.250 e. The molecule has 3 N–H and O–H groups in total. The molecule has 0 bridgehead atoms. The SMILES string of the molecule is CCCCN1CC(c2nc3c(C(N)=O)cccc3[nH]2)C1. The molecule has 0 atom stereocenters. The lowest BCUT2D eigenvalue weighted by molar-refractivity contribution is 0.100. The van der Waals surface area contributed by atoms with Gasteiger partial charge in [0.15, 0.2) is 0 Å². The van der Waals surface area contributed by atoms with Gasteiger partial charge in [0.05, 0.1) is 11.1 Å². The highest BCUT2D eigenvalue weighted by molar-refractivity contribution is 6.04. The van der Waals surface area contributed by atoms with Gasteiger partial charge < -0.3 is 15.6 Å². The third-order valence-corrected chi connectivity index (χ3v) is 3.97. The Balaban J connectivity index is 1.78. The summed E-state index contributed by atoms with van der Waals surface area (Å²) in [5, 5.41) is 0. The fourth-order valence-electron chi connectivity index (χ4n) is 2.75. The van der Waals surface area contributed by atoms with Gasteiger partial charge >= 0.3 is 0 Å². The van der Waals surface area contributed by atoms with Crippen LogP contribution in [0.3, 0.4) is 0 Å². The molecule has 1 aromatic carbocycles. The van der Waals surface area contributed by atoms with E-state index in [-0.39, 0.29) is 0 Å². The summed E-state index contributed by atoms with van der Waals surface area (Å²) in [7, 11) is 0. The maximum absolute atomic E-state index is 11.4. The number of nitrogens with two attached hydrogens (primary N) is 1. The van der Waals surface area contributed by atoms with Crippen LogP contribution in [-0.2, 0) is 0 Å². The fourth-order valence-corrected chi connectivity index (χ4v) is 2.75. The van der Waals surface area contributed by atoms with Gasteiger partial charge in [-0.15, -0.1) is 0 Å². The number of rotatable bonds is 5. The van der Waals surface area contributed by atoms with Crippen molar-refractivity contribution in [1.82, 2.24) is 14.9 Å². The van der Waals surface area contributed by atoms with Gasteiger partial charge in [0.1, 0.15) is 11.3 Å². The first-order valence-corrected chi connectivity index (χ1v) is 7.19. The lowest BCUT2D eigenvalue weighted by atomic mass is 9.99. The van der Waals surface area contributed by atoms with Crippen LogP contribution in [0, 0.1) is 0 Å². The van der Waals surface area contributed by atoms with Crippen molar-refractivity contribution >= 4 is 16.9 Å². The largest absolute Gasteiger partial charge is 0.366 e. The predicted octanol–water partition coefficient (Wildman–Crippen LogP) is 1.86. The van der Waals surface area contributed by atoms with E-state index in [1.807, 2.05) is 12.1 Å². The Hall–Kier alpha value is -1.88. The molecule has 2 aromatic rings. The van der Waals surface area contributed by atoms with Crippen LogP contribution in [0.5, 0.6) is 0 Å². The number of carbonyl (C=O) groups excluding carboxylic acids is 1. The summed E-state index contributed by atoms with van der Waals surface area (Å²) >= 11 is 0. The van der Waals surface area contributed by atoms with Gasteiger partial charge in [-0.3, -0.25) is 4.79 Å². The average molecular weight is 272 g/mol. The first-order chi connectivity index (χ1) is 9.69. The minimum absolute atomic E-state index is 0.424. The van der Waals surface area contributed by atoms with E-state index < -0.39 is 5.91 Å². The Morgan fingerprint density at radius 3 is 3.00 bits per heavy atom. The van der Waals surface area contributed by atoms with Crippen molar-refractivity contribution in [3.8, 4) is 0 Å². The van der Waals surface area contributed by atoms with Crippen molar-refractivity contribution in [2.24, 2.45) is 5.73 Å². The molecular weight excluding hydrogens is 252 g/mol. The number of hydrogen-bond acceptors (Lipinski definition) is 3. The number of benzene rings is 1. The summed E-state index contributed by atoms with van der Waals surface area (Å²) in [6, 6.07) is 5.49. The Labute approximate surface area is 118 Å². The topological polar surface area (TPSA) is 75.0 Å². The Morgan fingerprint density at radius 1 is 1.50 bits per heavy atom. The molecule has 3 rings (SSSR count). The first kappa shape index (κ1) is 13.1. The molecule has 20 heavy (non-hydrogen) atoms. The predicted molar refractivity (Wildman–Crippen MR) is 78.7 cm³/mol. The van der Waals surface area contributed by atoms with Crippen molar-refractivity contribution in [1.29, 1.82) is 0 Å². The van der Waals surface area contributed by atoms with Gasteiger partial charge in [0.2, 0.25) is 0 Å². The number of aromatic amines is 1. The highest BCUT2D eigenvalue weighted by Crippen LogP contribution is 2.27. The molecule has 1 aliphatic heterocycles. The molecule has 0 radical (unpaired) electrons. The lowest BCUT2D eigenvalue weighted by Crippen LogP contribution is -2.45. The van der Waals surface area contributed by atoms with Gasteiger partial charge in [-0.05, 0) is 25.1 Å². The Bertz CT molecular complexity index is 628. The molecule has 1 saturated heterocycles. The zero-order chi connectivity index (χ0) is 14.1. The zero-order valence-electron chi connectivity index (χ0n) is 11.7.